The van der Waals surface area contributed by atoms with Crippen molar-refractivity contribution in [3.63, 3.8) is 0 Å². The zero-order valence-electron chi connectivity index (χ0n) is 16.7. The topological polar surface area (TPSA) is 59.3 Å². The Hall–Kier alpha value is -3.47. The Kier molecular flexibility index (Phi) is 5.38. The quantitative estimate of drug-likeness (QED) is 0.539. The van der Waals surface area contributed by atoms with Crippen molar-refractivity contribution < 1.29 is 4.79 Å². The van der Waals surface area contributed by atoms with Crippen molar-refractivity contribution in [3.05, 3.63) is 101 Å². The van der Waals surface area contributed by atoms with E-state index in [1.165, 1.54) is 11.1 Å². The number of hydrogen-bond acceptors (Lipinski definition) is 3. The molecule has 2 aromatic carbocycles. The van der Waals surface area contributed by atoms with Gasteiger partial charge in [0.05, 0.1) is 17.0 Å². The number of rotatable bonds is 6. The number of benzene rings is 2. The van der Waals surface area contributed by atoms with Gasteiger partial charge in [0.1, 0.15) is 0 Å². The monoisotopic (exact) mass is 384 g/mol. The van der Waals surface area contributed by atoms with Gasteiger partial charge in [0.25, 0.3) is 5.91 Å². The lowest BCUT2D eigenvalue weighted by Crippen LogP contribution is -2.27. The number of carbonyl (C=O) groups is 1. The fourth-order valence-electron chi connectivity index (χ4n) is 3.71. The van der Waals surface area contributed by atoms with Crippen LogP contribution >= 0.6 is 0 Å². The molecule has 0 aliphatic rings. The van der Waals surface area contributed by atoms with Crippen molar-refractivity contribution in [2.45, 2.75) is 26.2 Å². The maximum absolute atomic E-state index is 12.8. The van der Waals surface area contributed by atoms with Gasteiger partial charge in [-0.1, -0.05) is 60.7 Å². The minimum atomic E-state index is -0.120. The predicted octanol–water partition coefficient (Wildman–Crippen LogP) is 4.30. The highest BCUT2D eigenvalue weighted by Crippen LogP contribution is 2.27. The highest BCUT2D eigenvalue weighted by atomic mass is 16.1. The Bertz CT molecular complexity index is 1080. The van der Waals surface area contributed by atoms with E-state index in [1.807, 2.05) is 32.0 Å². The van der Waals surface area contributed by atoms with Crippen molar-refractivity contribution in [2.24, 2.45) is 0 Å². The van der Waals surface area contributed by atoms with Crippen molar-refractivity contribution in [1.82, 2.24) is 19.9 Å². The van der Waals surface area contributed by atoms with Crippen LogP contribution in [0.4, 0.5) is 0 Å². The van der Waals surface area contributed by atoms with E-state index in [0.29, 0.717) is 12.1 Å². The van der Waals surface area contributed by atoms with Gasteiger partial charge in [0.2, 0.25) is 0 Å². The Balaban J connectivity index is 1.49. The van der Waals surface area contributed by atoms with Crippen LogP contribution in [0.5, 0.6) is 0 Å². The second-order valence-electron chi connectivity index (χ2n) is 7.23. The lowest BCUT2D eigenvalue weighted by molar-refractivity contribution is 0.0951. The smallest absolute Gasteiger partial charge is 0.254 e. The van der Waals surface area contributed by atoms with Crippen molar-refractivity contribution in [3.8, 4) is 0 Å². The number of nitrogens with zero attached hydrogens (tertiary/aromatic N) is 3. The minimum Gasteiger partial charge on any atom is -0.352 e. The number of nitrogens with one attached hydrogen (secondary N) is 1. The molecule has 5 heteroatoms. The minimum absolute atomic E-state index is 0.120. The molecule has 5 nitrogen and oxygen atoms in total. The van der Waals surface area contributed by atoms with Gasteiger partial charge >= 0.3 is 0 Å². The lowest BCUT2D eigenvalue weighted by atomic mass is 9.88. The van der Waals surface area contributed by atoms with Crippen LogP contribution in [-0.2, 0) is 0 Å². The Morgan fingerprint density at radius 1 is 1.00 bits per heavy atom. The fraction of sp³-hybridized carbons (Fsp3) is 0.208. The number of aryl methyl sites for hydroxylation is 2. The molecule has 0 atom stereocenters. The molecule has 2 heterocycles. The van der Waals surface area contributed by atoms with Crippen LogP contribution in [0.25, 0.3) is 5.65 Å². The third-order valence-electron chi connectivity index (χ3n) is 5.21. The molecular weight excluding hydrogens is 360 g/mol. The Labute approximate surface area is 170 Å². The van der Waals surface area contributed by atoms with Crippen LogP contribution in [0.3, 0.4) is 0 Å². The van der Waals surface area contributed by atoms with Crippen molar-refractivity contribution in [1.29, 1.82) is 0 Å². The zero-order valence-corrected chi connectivity index (χ0v) is 16.7. The van der Waals surface area contributed by atoms with E-state index >= 15 is 0 Å². The largest absolute Gasteiger partial charge is 0.352 e. The molecule has 0 saturated heterocycles. The molecule has 1 N–H and O–H groups in total. The number of amides is 1. The second kappa shape index (κ2) is 8.27. The van der Waals surface area contributed by atoms with Gasteiger partial charge in [0.15, 0.2) is 5.65 Å². The zero-order chi connectivity index (χ0) is 20.2. The summed E-state index contributed by atoms with van der Waals surface area (Å²) in [6.07, 6.45) is 2.45. The molecule has 4 rings (SSSR count). The van der Waals surface area contributed by atoms with E-state index < -0.39 is 0 Å². The summed E-state index contributed by atoms with van der Waals surface area (Å²) in [7, 11) is 0. The molecule has 0 spiro atoms. The van der Waals surface area contributed by atoms with Crippen LogP contribution < -0.4 is 5.32 Å². The molecule has 0 aliphatic carbocycles. The van der Waals surface area contributed by atoms with Gasteiger partial charge < -0.3 is 5.32 Å². The van der Waals surface area contributed by atoms with E-state index in [0.717, 1.165) is 23.5 Å². The normalized spacial score (nSPS) is 11.1. The van der Waals surface area contributed by atoms with Gasteiger partial charge in [-0.3, -0.25) is 4.79 Å². The Morgan fingerprint density at radius 3 is 2.24 bits per heavy atom. The molecule has 2 aromatic heterocycles. The van der Waals surface area contributed by atoms with Gasteiger partial charge in [-0.15, -0.1) is 0 Å². The molecule has 0 saturated carbocycles. The van der Waals surface area contributed by atoms with Gasteiger partial charge in [-0.05, 0) is 31.4 Å². The number of hydrogen-bond donors (Lipinski definition) is 1. The maximum atomic E-state index is 12.8. The molecule has 29 heavy (non-hydrogen) atoms. The summed E-state index contributed by atoms with van der Waals surface area (Å²) in [5, 5.41) is 7.48. The van der Waals surface area contributed by atoms with Crippen LogP contribution in [0.1, 0.15) is 45.2 Å². The number of aromatic nitrogens is 3. The summed E-state index contributed by atoms with van der Waals surface area (Å²) >= 11 is 0. The highest BCUT2D eigenvalue weighted by molar-refractivity contribution is 5.95. The van der Waals surface area contributed by atoms with Crippen molar-refractivity contribution in [2.75, 3.05) is 6.54 Å². The van der Waals surface area contributed by atoms with E-state index in [-0.39, 0.29) is 11.8 Å². The average molecular weight is 384 g/mol. The summed E-state index contributed by atoms with van der Waals surface area (Å²) < 4.78 is 1.72. The third kappa shape index (κ3) is 4.04. The molecule has 1 amide bonds. The van der Waals surface area contributed by atoms with Gasteiger partial charge in [-0.25, -0.2) is 9.50 Å². The SMILES string of the molecule is Cc1cc2ncc(C(=O)NCCC(c3ccccc3)c3ccccc3)c(C)n2n1. The maximum Gasteiger partial charge on any atom is 0.254 e. The number of fused-ring (bicyclic) bond motifs is 1. The first-order valence-electron chi connectivity index (χ1n) is 9.83. The van der Waals surface area contributed by atoms with E-state index in [2.05, 4.69) is 63.9 Å². The molecule has 0 unspecified atom stereocenters. The molecule has 0 radical (unpaired) electrons. The van der Waals surface area contributed by atoms with E-state index in [9.17, 15) is 4.79 Å². The standard InChI is InChI=1S/C24H24N4O/c1-17-15-23-26-16-22(18(2)28(23)27-17)24(29)25-14-13-21(19-9-5-3-6-10-19)20-11-7-4-8-12-20/h3-12,15-16,21H,13-14H2,1-2H3,(H,25,29). The van der Waals surface area contributed by atoms with E-state index in [1.54, 1.807) is 10.7 Å². The van der Waals surface area contributed by atoms with Gasteiger partial charge in [0, 0.05) is 24.7 Å². The Morgan fingerprint density at radius 2 is 1.62 bits per heavy atom. The van der Waals surface area contributed by atoms with Crippen LogP contribution in [0.2, 0.25) is 0 Å². The molecular formula is C24H24N4O. The van der Waals surface area contributed by atoms with Crippen LogP contribution in [0, 0.1) is 13.8 Å². The first-order valence-corrected chi connectivity index (χ1v) is 9.83. The molecule has 0 fully saturated rings. The van der Waals surface area contributed by atoms with Crippen molar-refractivity contribution >= 4 is 11.6 Å². The molecule has 146 valence electrons. The second-order valence-corrected chi connectivity index (χ2v) is 7.23. The first kappa shape index (κ1) is 18.9. The lowest BCUT2D eigenvalue weighted by Gasteiger charge is -2.18. The van der Waals surface area contributed by atoms with Gasteiger partial charge in [-0.2, -0.15) is 5.10 Å². The summed E-state index contributed by atoms with van der Waals surface area (Å²) in [6, 6.07) is 22.7. The molecule has 0 aliphatic heterocycles. The predicted molar refractivity (Wildman–Crippen MR) is 114 cm³/mol. The molecule has 0 bridgehead atoms. The van der Waals surface area contributed by atoms with Crippen LogP contribution in [-0.4, -0.2) is 27.0 Å². The summed E-state index contributed by atoms with van der Waals surface area (Å²) in [5.74, 6) is 0.109. The fourth-order valence-corrected chi connectivity index (χ4v) is 3.71. The first-order chi connectivity index (χ1) is 14.1. The number of carbonyl (C=O) groups excluding carboxylic acids is 1. The summed E-state index contributed by atoms with van der Waals surface area (Å²) in [5.41, 5.74) is 5.48. The highest BCUT2D eigenvalue weighted by Gasteiger charge is 2.16. The van der Waals surface area contributed by atoms with Crippen LogP contribution in [0.15, 0.2) is 72.9 Å². The molecule has 4 aromatic rings. The van der Waals surface area contributed by atoms with E-state index in [4.69, 9.17) is 0 Å². The third-order valence-corrected chi connectivity index (χ3v) is 5.21. The average Bonchev–Trinajstić information content (AvgIpc) is 3.14. The summed E-state index contributed by atoms with van der Waals surface area (Å²) in [4.78, 5) is 17.1. The summed E-state index contributed by atoms with van der Waals surface area (Å²) in [6.45, 7) is 4.39.